The maximum absolute atomic E-state index is 13.3. The molecule has 2 fully saturated rings. The number of benzene rings is 2. The molecule has 0 radical (unpaired) electrons. The lowest BCUT2D eigenvalue weighted by Gasteiger charge is -2.35. The molecule has 0 aromatic heterocycles. The fraction of sp³-hybridized carbons (Fsp3) is 0.481. The van der Waals surface area contributed by atoms with Crippen LogP contribution < -0.4 is 0 Å². The summed E-state index contributed by atoms with van der Waals surface area (Å²) in [6, 6.07) is 16.4. The summed E-state index contributed by atoms with van der Waals surface area (Å²) < 4.78 is 0. The number of carbonyl (C=O) groups excluding carboxylic acids is 2. The molecule has 32 heavy (non-hydrogen) atoms. The maximum atomic E-state index is 13.3. The third kappa shape index (κ3) is 5.57. The monoisotopic (exact) mass is 433 g/mol. The number of piperidine rings is 1. The second-order valence-electron chi connectivity index (χ2n) is 9.40. The molecule has 0 spiro atoms. The molecule has 2 saturated heterocycles. The lowest BCUT2D eigenvalue weighted by molar-refractivity contribution is -0.136. The van der Waals surface area contributed by atoms with Crippen LogP contribution in [0.1, 0.15) is 46.3 Å². The Kier molecular flexibility index (Phi) is 7.26. The second-order valence-corrected chi connectivity index (χ2v) is 9.40. The van der Waals surface area contributed by atoms with Gasteiger partial charge in [0.15, 0.2) is 0 Å². The molecule has 4 rings (SSSR count). The van der Waals surface area contributed by atoms with Crippen molar-refractivity contribution in [1.82, 2.24) is 14.7 Å². The van der Waals surface area contributed by atoms with Gasteiger partial charge >= 0.3 is 0 Å². The molecule has 2 aliphatic rings. The van der Waals surface area contributed by atoms with Gasteiger partial charge in [-0.25, -0.2) is 0 Å². The smallest absolute Gasteiger partial charge is 0.253 e. The Bertz CT molecular complexity index is 923. The first-order valence-electron chi connectivity index (χ1n) is 11.9. The Morgan fingerprint density at radius 2 is 1.44 bits per heavy atom. The summed E-state index contributed by atoms with van der Waals surface area (Å²) in [6.07, 6.45) is 2.76. The van der Waals surface area contributed by atoms with Crippen molar-refractivity contribution in [3.8, 4) is 0 Å². The number of rotatable bonds is 4. The highest BCUT2D eigenvalue weighted by Gasteiger charge is 2.32. The lowest BCUT2D eigenvalue weighted by Crippen LogP contribution is -2.47. The molecule has 0 N–H and O–H groups in total. The molecule has 2 aromatic carbocycles. The zero-order valence-electron chi connectivity index (χ0n) is 19.4. The molecule has 2 aliphatic heterocycles. The van der Waals surface area contributed by atoms with Gasteiger partial charge in [0.25, 0.3) is 5.91 Å². The summed E-state index contributed by atoms with van der Waals surface area (Å²) in [5.74, 6) is 0.188. The van der Waals surface area contributed by atoms with E-state index in [-0.39, 0.29) is 17.7 Å². The summed E-state index contributed by atoms with van der Waals surface area (Å²) in [4.78, 5) is 32.6. The topological polar surface area (TPSA) is 43.9 Å². The van der Waals surface area contributed by atoms with Gasteiger partial charge in [0.1, 0.15) is 0 Å². The molecule has 0 unspecified atom stereocenters. The number of amides is 2. The van der Waals surface area contributed by atoms with E-state index >= 15 is 0 Å². The Morgan fingerprint density at radius 1 is 0.781 bits per heavy atom. The first kappa shape index (κ1) is 22.5. The van der Waals surface area contributed by atoms with E-state index in [9.17, 15) is 9.59 Å². The van der Waals surface area contributed by atoms with Crippen LogP contribution in [-0.4, -0.2) is 65.8 Å². The summed E-state index contributed by atoms with van der Waals surface area (Å²) in [7, 11) is 0. The largest absolute Gasteiger partial charge is 0.341 e. The van der Waals surface area contributed by atoms with Crippen LogP contribution in [0.4, 0.5) is 0 Å². The number of carbonyl (C=O) groups is 2. The lowest BCUT2D eigenvalue weighted by atomic mass is 9.95. The van der Waals surface area contributed by atoms with Gasteiger partial charge in [-0.3, -0.25) is 14.5 Å². The van der Waals surface area contributed by atoms with Gasteiger partial charge in [0, 0.05) is 51.4 Å². The van der Waals surface area contributed by atoms with Crippen LogP contribution in [0.25, 0.3) is 0 Å². The molecule has 2 amide bonds. The van der Waals surface area contributed by atoms with Crippen LogP contribution in [0, 0.1) is 19.8 Å². The molecule has 5 nitrogen and oxygen atoms in total. The number of likely N-dealkylation sites (tertiary alicyclic amines) is 1. The Morgan fingerprint density at radius 3 is 2.16 bits per heavy atom. The number of hydrogen-bond acceptors (Lipinski definition) is 3. The summed E-state index contributed by atoms with van der Waals surface area (Å²) in [5, 5.41) is 0. The SMILES string of the molecule is Cc1ccc(CN2CCCN(C(=O)[C@H]3CCCN(C(=O)c4ccc(C)cc4)C3)CC2)cc1. The van der Waals surface area contributed by atoms with Crippen molar-refractivity contribution in [3.63, 3.8) is 0 Å². The minimum atomic E-state index is -0.0817. The van der Waals surface area contributed by atoms with E-state index < -0.39 is 0 Å². The van der Waals surface area contributed by atoms with Gasteiger partial charge in [0.2, 0.25) is 5.91 Å². The van der Waals surface area contributed by atoms with E-state index in [0.717, 1.165) is 64.1 Å². The van der Waals surface area contributed by atoms with E-state index in [1.165, 1.54) is 11.1 Å². The van der Waals surface area contributed by atoms with Gasteiger partial charge < -0.3 is 9.80 Å². The van der Waals surface area contributed by atoms with Crippen molar-refractivity contribution in [2.75, 3.05) is 39.3 Å². The van der Waals surface area contributed by atoms with Crippen molar-refractivity contribution >= 4 is 11.8 Å². The normalized spacial score (nSPS) is 20.1. The van der Waals surface area contributed by atoms with Crippen molar-refractivity contribution in [2.45, 2.75) is 39.7 Å². The number of aryl methyl sites for hydroxylation is 2. The molecular formula is C27H35N3O2. The third-order valence-corrected chi connectivity index (χ3v) is 6.78. The standard InChI is InChI=1S/C27H35N3O2/c1-21-6-10-23(11-7-21)19-28-14-4-16-29(18-17-28)27(32)25-5-3-15-30(20-25)26(31)24-12-8-22(2)9-13-24/h6-13,25H,3-5,14-20H2,1-2H3/t25-/m0/s1. The molecule has 170 valence electrons. The van der Waals surface area contributed by atoms with Crippen molar-refractivity contribution in [3.05, 3.63) is 70.8 Å². The van der Waals surface area contributed by atoms with Crippen molar-refractivity contribution < 1.29 is 9.59 Å². The Labute approximate surface area is 192 Å². The van der Waals surface area contributed by atoms with Crippen LogP contribution in [-0.2, 0) is 11.3 Å². The Balaban J connectivity index is 1.32. The predicted molar refractivity (Wildman–Crippen MR) is 127 cm³/mol. The van der Waals surface area contributed by atoms with Gasteiger partial charge in [-0.15, -0.1) is 0 Å². The average Bonchev–Trinajstić information content (AvgIpc) is 3.06. The minimum absolute atomic E-state index is 0.0441. The summed E-state index contributed by atoms with van der Waals surface area (Å²) in [5.41, 5.74) is 4.47. The molecule has 2 heterocycles. The molecule has 0 bridgehead atoms. The van der Waals surface area contributed by atoms with Crippen LogP contribution in [0.5, 0.6) is 0 Å². The molecule has 0 aliphatic carbocycles. The number of nitrogens with zero attached hydrogens (tertiary/aromatic N) is 3. The zero-order chi connectivity index (χ0) is 22.5. The maximum Gasteiger partial charge on any atom is 0.253 e. The Hall–Kier alpha value is -2.66. The van der Waals surface area contributed by atoms with Gasteiger partial charge in [-0.2, -0.15) is 0 Å². The average molecular weight is 434 g/mol. The van der Waals surface area contributed by atoms with E-state index in [1.807, 2.05) is 41.0 Å². The summed E-state index contributed by atoms with van der Waals surface area (Å²) in [6.45, 7) is 9.84. The van der Waals surface area contributed by atoms with Crippen LogP contribution in [0.2, 0.25) is 0 Å². The molecule has 1 atom stereocenters. The first-order valence-corrected chi connectivity index (χ1v) is 11.9. The highest BCUT2D eigenvalue weighted by Crippen LogP contribution is 2.22. The summed E-state index contributed by atoms with van der Waals surface area (Å²) >= 11 is 0. The quantitative estimate of drug-likeness (QED) is 0.735. The molecular weight excluding hydrogens is 398 g/mol. The molecule has 2 aromatic rings. The highest BCUT2D eigenvalue weighted by atomic mass is 16.2. The van der Waals surface area contributed by atoms with E-state index in [2.05, 4.69) is 36.1 Å². The number of hydrogen-bond donors (Lipinski definition) is 0. The van der Waals surface area contributed by atoms with Gasteiger partial charge in [-0.05, 0) is 50.8 Å². The van der Waals surface area contributed by atoms with E-state index in [1.54, 1.807) is 0 Å². The third-order valence-electron chi connectivity index (χ3n) is 6.78. The predicted octanol–water partition coefficient (Wildman–Crippen LogP) is 3.89. The van der Waals surface area contributed by atoms with E-state index in [0.29, 0.717) is 12.1 Å². The second kappa shape index (κ2) is 10.3. The van der Waals surface area contributed by atoms with Crippen LogP contribution in [0.3, 0.4) is 0 Å². The molecule has 0 saturated carbocycles. The van der Waals surface area contributed by atoms with Gasteiger partial charge in [-0.1, -0.05) is 47.5 Å². The van der Waals surface area contributed by atoms with Crippen LogP contribution >= 0.6 is 0 Å². The van der Waals surface area contributed by atoms with Gasteiger partial charge in [0.05, 0.1) is 5.92 Å². The zero-order valence-corrected chi connectivity index (χ0v) is 19.4. The van der Waals surface area contributed by atoms with E-state index in [4.69, 9.17) is 0 Å². The first-order chi connectivity index (χ1) is 15.5. The highest BCUT2D eigenvalue weighted by molar-refractivity contribution is 5.94. The van der Waals surface area contributed by atoms with Crippen molar-refractivity contribution in [1.29, 1.82) is 0 Å². The fourth-order valence-electron chi connectivity index (χ4n) is 4.80. The van der Waals surface area contributed by atoms with Crippen molar-refractivity contribution in [2.24, 2.45) is 5.92 Å². The fourth-order valence-corrected chi connectivity index (χ4v) is 4.80. The van der Waals surface area contributed by atoms with Crippen LogP contribution in [0.15, 0.2) is 48.5 Å². The molecule has 5 heteroatoms. The minimum Gasteiger partial charge on any atom is -0.341 e.